The number of nitrogens with zero attached hydrogens (tertiary/aromatic N) is 1. The van der Waals surface area contributed by atoms with Crippen molar-refractivity contribution in [1.82, 2.24) is 10.2 Å². The summed E-state index contributed by atoms with van der Waals surface area (Å²) in [6.45, 7) is 9.58. The molecule has 1 saturated heterocycles. The molecule has 1 aliphatic heterocycles. The predicted molar refractivity (Wildman–Crippen MR) is 87.1 cm³/mol. The van der Waals surface area contributed by atoms with Crippen molar-refractivity contribution in [2.75, 3.05) is 13.1 Å². The Morgan fingerprint density at radius 1 is 1.43 bits per heavy atom. The quantitative estimate of drug-likeness (QED) is 0.881. The molecule has 21 heavy (non-hydrogen) atoms. The second-order valence-corrected chi connectivity index (χ2v) is 6.55. The van der Waals surface area contributed by atoms with Gasteiger partial charge in [0.2, 0.25) is 0 Å². The van der Waals surface area contributed by atoms with Crippen LogP contribution >= 0.6 is 11.6 Å². The molecule has 118 valence electrons. The average molecular weight is 313 g/mol. The first kappa shape index (κ1) is 16.7. The zero-order valence-electron chi connectivity index (χ0n) is 13.2. The van der Waals surface area contributed by atoms with E-state index in [4.69, 9.17) is 11.6 Å². The fraction of sp³-hybridized carbons (Fsp3) is 0.647. The van der Waals surface area contributed by atoms with Crippen LogP contribution in [-0.2, 0) is 6.54 Å². The normalized spacial score (nSPS) is 25.0. The smallest absolute Gasteiger partial charge is 0.142 e. The molecule has 3 atom stereocenters. The van der Waals surface area contributed by atoms with E-state index in [1.807, 2.05) is 6.07 Å². The van der Waals surface area contributed by atoms with Gasteiger partial charge in [-0.2, -0.15) is 0 Å². The lowest BCUT2D eigenvalue weighted by atomic mass is 9.93. The molecule has 1 fully saturated rings. The highest BCUT2D eigenvalue weighted by Crippen LogP contribution is 2.23. The molecule has 3 unspecified atom stereocenters. The topological polar surface area (TPSA) is 15.3 Å². The lowest BCUT2D eigenvalue weighted by molar-refractivity contribution is 0.0832. The molecule has 0 radical (unpaired) electrons. The first-order valence-electron chi connectivity index (χ1n) is 7.96. The number of hydrogen-bond acceptors (Lipinski definition) is 2. The van der Waals surface area contributed by atoms with Crippen LogP contribution in [0, 0.1) is 11.7 Å². The molecule has 1 heterocycles. The molecule has 1 aromatic rings. The minimum absolute atomic E-state index is 0.198. The summed E-state index contributed by atoms with van der Waals surface area (Å²) in [5.41, 5.74) is 1.00. The number of nitrogens with one attached hydrogen (secondary N) is 1. The second kappa shape index (κ2) is 7.57. The molecular weight excluding hydrogens is 287 g/mol. The number of rotatable bonds is 5. The van der Waals surface area contributed by atoms with E-state index >= 15 is 0 Å². The van der Waals surface area contributed by atoms with E-state index < -0.39 is 0 Å². The van der Waals surface area contributed by atoms with Crippen molar-refractivity contribution in [1.29, 1.82) is 0 Å². The summed E-state index contributed by atoms with van der Waals surface area (Å²) >= 11 is 5.77. The fourth-order valence-electron chi connectivity index (χ4n) is 3.06. The van der Waals surface area contributed by atoms with Gasteiger partial charge in [-0.3, -0.25) is 4.90 Å². The highest BCUT2D eigenvalue weighted by molar-refractivity contribution is 6.30. The van der Waals surface area contributed by atoms with Crippen molar-refractivity contribution in [3.05, 3.63) is 34.6 Å². The van der Waals surface area contributed by atoms with Gasteiger partial charge >= 0.3 is 0 Å². The van der Waals surface area contributed by atoms with Gasteiger partial charge in [0.25, 0.3) is 0 Å². The highest BCUT2D eigenvalue weighted by atomic mass is 35.5. The van der Waals surface area contributed by atoms with Crippen LogP contribution in [-0.4, -0.2) is 30.1 Å². The Bertz CT molecular complexity index is 466. The minimum atomic E-state index is -0.323. The molecule has 0 bridgehead atoms. The molecule has 0 aromatic heterocycles. The summed E-state index contributed by atoms with van der Waals surface area (Å²) < 4.78 is 13.6. The van der Waals surface area contributed by atoms with Gasteiger partial charge in [0.1, 0.15) is 5.82 Å². The maximum atomic E-state index is 13.6. The summed E-state index contributed by atoms with van der Waals surface area (Å²) in [4.78, 5) is 2.50. The van der Waals surface area contributed by atoms with Crippen LogP contribution < -0.4 is 5.32 Å². The summed E-state index contributed by atoms with van der Waals surface area (Å²) in [5, 5.41) is 3.83. The van der Waals surface area contributed by atoms with E-state index in [1.165, 1.54) is 0 Å². The summed E-state index contributed by atoms with van der Waals surface area (Å²) in [7, 11) is 0. The van der Waals surface area contributed by atoms with Crippen LogP contribution in [0.3, 0.4) is 0 Å². The molecular formula is C17H26ClFN2. The molecule has 0 amide bonds. The minimum Gasteiger partial charge on any atom is -0.311 e. The Hall–Kier alpha value is -0.640. The maximum Gasteiger partial charge on any atom is 0.142 e. The van der Waals surface area contributed by atoms with Crippen molar-refractivity contribution in [3.8, 4) is 0 Å². The Kier molecular flexibility index (Phi) is 6.03. The molecule has 2 nitrogen and oxygen atoms in total. The van der Waals surface area contributed by atoms with Crippen molar-refractivity contribution in [3.63, 3.8) is 0 Å². The van der Waals surface area contributed by atoms with E-state index in [2.05, 4.69) is 31.0 Å². The van der Waals surface area contributed by atoms with Crippen molar-refractivity contribution < 1.29 is 4.39 Å². The van der Waals surface area contributed by atoms with Crippen LogP contribution in [0.4, 0.5) is 4.39 Å². The van der Waals surface area contributed by atoms with Crippen molar-refractivity contribution in [2.24, 2.45) is 5.92 Å². The Morgan fingerprint density at radius 3 is 2.81 bits per heavy atom. The second-order valence-electron chi connectivity index (χ2n) is 6.14. The number of hydrogen-bond donors (Lipinski definition) is 1. The van der Waals surface area contributed by atoms with E-state index in [0.29, 0.717) is 18.0 Å². The van der Waals surface area contributed by atoms with Gasteiger partial charge in [0.15, 0.2) is 0 Å². The van der Waals surface area contributed by atoms with Gasteiger partial charge in [-0.05, 0) is 30.0 Å². The van der Waals surface area contributed by atoms with E-state index in [9.17, 15) is 4.39 Å². The predicted octanol–water partition coefficient (Wildman–Crippen LogP) is 4.08. The highest BCUT2D eigenvalue weighted by Gasteiger charge is 2.30. The van der Waals surface area contributed by atoms with Crippen LogP contribution in [0.25, 0.3) is 0 Å². The first-order valence-corrected chi connectivity index (χ1v) is 8.34. The standard InChI is InChI=1S/C17H26ClFN2/c1-4-12(3)17-9-20-14(5-2)11-21(17)10-13-6-7-15(18)16(19)8-13/h6-8,12,14,17,20H,4-5,9-11H2,1-3H3. The number of piperazine rings is 1. The molecule has 1 N–H and O–H groups in total. The summed E-state index contributed by atoms with van der Waals surface area (Å²) in [5.74, 6) is 0.309. The summed E-state index contributed by atoms with van der Waals surface area (Å²) in [6.07, 6.45) is 2.29. The zero-order chi connectivity index (χ0) is 15.4. The maximum absolute atomic E-state index is 13.6. The van der Waals surface area contributed by atoms with Gasteiger partial charge in [0, 0.05) is 31.7 Å². The first-order chi connectivity index (χ1) is 10.0. The largest absolute Gasteiger partial charge is 0.311 e. The third kappa shape index (κ3) is 4.18. The van der Waals surface area contributed by atoms with Crippen molar-refractivity contribution in [2.45, 2.75) is 52.2 Å². The Morgan fingerprint density at radius 2 is 2.19 bits per heavy atom. The van der Waals surface area contributed by atoms with Gasteiger partial charge in [-0.15, -0.1) is 0 Å². The van der Waals surface area contributed by atoms with Gasteiger partial charge < -0.3 is 5.32 Å². The van der Waals surface area contributed by atoms with Crippen LogP contribution in [0.5, 0.6) is 0 Å². The Labute approximate surface area is 132 Å². The van der Waals surface area contributed by atoms with E-state index in [0.717, 1.165) is 38.0 Å². The van der Waals surface area contributed by atoms with E-state index in [-0.39, 0.29) is 10.8 Å². The molecule has 0 spiro atoms. The van der Waals surface area contributed by atoms with Crippen LogP contribution in [0.2, 0.25) is 5.02 Å². The zero-order valence-corrected chi connectivity index (χ0v) is 14.0. The van der Waals surface area contributed by atoms with Gasteiger partial charge in [-0.25, -0.2) is 4.39 Å². The average Bonchev–Trinajstić information content (AvgIpc) is 2.50. The van der Waals surface area contributed by atoms with Gasteiger partial charge in [0.05, 0.1) is 5.02 Å². The molecule has 0 aliphatic carbocycles. The molecule has 1 aromatic carbocycles. The molecule has 4 heteroatoms. The van der Waals surface area contributed by atoms with E-state index in [1.54, 1.807) is 12.1 Å². The molecule has 2 rings (SSSR count). The number of benzene rings is 1. The molecule has 1 aliphatic rings. The summed E-state index contributed by atoms with van der Waals surface area (Å²) in [6, 6.07) is 6.20. The third-order valence-corrected chi connectivity index (χ3v) is 5.01. The SMILES string of the molecule is CCC1CN(Cc2ccc(Cl)c(F)c2)C(C(C)CC)CN1. The molecule has 0 saturated carbocycles. The van der Waals surface area contributed by atoms with Crippen LogP contribution in [0.15, 0.2) is 18.2 Å². The van der Waals surface area contributed by atoms with Crippen molar-refractivity contribution >= 4 is 11.6 Å². The monoisotopic (exact) mass is 312 g/mol. The third-order valence-electron chi connectivity index (χ3n) is 4.70. The number of halogens is 2. The van der Waals surface area contributed by atoms with Gasteiger partial charge in [-0.1, -0.05) is 44.9 Å². The Balaban J connectivity index is 2.12. The lowest BCUT2D eigenvalue weighted by Crippen LogP contribution is -2.57. The van der Waals surface area contributed by atoms with Crippen LogP contribution in [0.1, 0.15) is 39.2 Å². The lowest BCUT2D eigenvalue weighted by Gasteiger charge is -2.43. The fourth-order valence-corrected chi connectivity index (χ4v) is 3.18.